The van der Waals surface area contributed by atoms with Crippen molar-refractivity contribution in [2.24, 2.45) is 11.8 Å². The van der Waals surface area contributed by atoms with Gasteiger partial charge < -0.3 is 4.74 Å². The first-order valence-electron chi connectivity index (χ1n) is 9.83. The predicted molar refractivity (Wildman–Crippen MR) is 108 cm³/mol. The molecule has 1 aliphatic heterocycles. The summed E-state index contributed by atoms with van der Waals surface area (Å²) < 4.78 is 46.8. The van der Waals surface area contributed by atoms with Crippen LogP contribution in [-0.4, -0.2) is 48.8 Å². The van der Waals surface area contributed by atoms with Gasteiger partial charge in [0.25, 0.3) is 0 Å². The number of carbonyl (C=O) groups is 1. The summed E-state index contributed by atoms with van der Waals surface area (Å²) in [5, 5.41) is 9.04. The monoisotopic (exact) mass is 492 g/mol. The van der Waals surface area contributed by atoms with Gasteiger partial charge in [-0.1, -0.05) is 12.8 Å². The molecule has 7 nitrogen and oxygen atoms in total. The molecule has 10 heteroatoms. The van der Waals surface area contributed by atoms with Crippen LogP contribution in [0.5, 0.6) is 5.75 Å². The standard InChI is InChI=1S/C19H26BrFN2O5S/c20-17-11-14(21)5-6-18(17)28-15-7-9-23(10-8-15)29(26,27)12-16(19(24)22-25)13-3-1-2-4-13/h5-6,11,13,15-16,25H,1-4,7-10,12H2,(H,22,24). The van der Waals surface area contributed by atoms with Gasteiger partial charge in [0.15, 0.2) is 0 Å². The molecule has 3 rings (SSSR count). The minimum atomic E-state index is -3.64. The van der Waals surface area contributed by atoms with E-state index in [-0.39, 0.29) is 23.6 Å². The van der Waals surface area contributed by atoms with Gasteiger partial charge in [-0.3, -0.25) is 10.0 Å². The minimum absolute atomic E-state index is 0.0198. The Balaban J connectivity index is 1.59. The van der Waals surface area contributed by atoms with Crippen LogP contribution < -0.4 is 10.2 Å². The molecule has 0 radical (unpaired) electrons. The number of amides is 1. The Kier molecular flexibility index (Phi) is 7.53. The molecule has 162 valence electrons. The Labute approximate surface area is 178 Å². The highest BCUT2D eigenvalue weighted by molar-refractivity contribution is 9.10. The van der Waals surface area contributed by atoms with E-state index in [0.717, 1.165) is 25.7 Å². The van der Waals surface area contributed by atoms with Crippen molar-refractivity contribution in [1.29, 1.82) is 0 Å². The smallest absolute Gasteiger partial charge is 0.247 e. The first kappa shape index (κ1) is 22.5. The summed E-state index contributed by atoms with van der Waals surface area (Å²) in [6.45, 7) is 0.591. The van der Waals surface area contributed by atoms with Crippen LogP contribution in [0.15, 0.2) is 22.7 Å². The van der Waals surface area contributed by atoms with E-state index in [1.54, 1.807) is 11.5 Å². The molecule has 1 unspecified atom stereocenters. The molecule has 1 aliphatic carbocycles. The molecular formula is C19H26BrFN2O5S. The summed E-state index contributed by atoms with van der Waals surface area (Å²) in [4.78, 5) is 12.1. The van der Waals surface area contributed by atoms with E-state index in [4.69, 9.17) is 9.94 Å². The highest BCUT2D eigenvalue weighted by Crippen LogP contribution is 2.33. The van der Waals surface area contributed by atoms with Gasteiger partial charge in [-0.25, -0.2) is 22.6 Å². The Hall–Kier alpha value is -1.23. The van der Waals surface area contributed by atoms with Gasteiger partial charge in [-0.2, -0.15) is 0 Å². The predicted octanol–water partition coefficient (Wildman–Crippen LogP) is 3.07. The molecule has 1 aromatic carbocycles. The molecule has 0 aromatic heterocycles. The number of rotatable bonds is 7. The van der Waals surface area contributed by atoms with Crippen molar-refractivity contribution in [2.45, 2.75) is 44.6 Å². The molecular weight excluding hydrogens is 467 g/mol. The second kappa shape index (κ2) is 9.72. The van der Waals surface area contributed by atoms with E-state index in [9.17, 15) is 17.6 Å². The highest BCUT2D eigenvalue weighted by atomic mass is 79.9. The molecule has 1 amide bonds. The molecule has 0 bridgehead atoms. The molecule has 2 fully saturated rings. The fourth-order valence-electron chi connectivity index (χ4n) is 4.18. The van der Waals surface area contributed by atoms with Gasteiger partial charge in [0.05, 0.1) is 16.1 Å². The maximum atomic E-state index is 13.2. The van der Waals surface area contributed by atoms with Crippen molar-refractivity contribution >= 4 is 31.9 Å². The Morgan fingerprint density at radius 3 is 2.52 bits per heavy atom. The third-order valence-corrected chi connectivity index (χ3v) is 8.34. The number of nitrogens with zero attached hydrogens (tertiary/aromatic N) is 1. The normalized spacial score (nSPS) is 20.5. The molecule has 1 saturated carbocycles. The molecule has 1 atom stereocenters. The number of hydroxylamine groups is 1. The van der Waals surface area contributed by atoms with E-state index in [1.165, 1.54) is 16.4 Å². The average Bonchev–Trinajstić information content (AvgIpc) is 3.23. The average molecular weight is 493 g/mol. The lowest BCUT2D eigenvalue weighted by Crippen LogP contribution is -2.46. The van der Waals surface area contributed by atoms with Crippen LogP contribution in [-0.2, 0) is 14.8 Å². The molecule has 1 heterocycles. The van der Waals surface area contributed by atoms with Crippen LogP contribution >= 0.6 is 15.9 Å². The number of ether oxygens (including phenoxy) is 1. The summed E-state index contributed by atoms with van der Waals surface area (Å²) >= 11 is 3.27. The Morgan fingerprint density at radius 1 is 1.28 bits per heavy atom. The molecule has 0 spiro atoms. The van der Waals surface area contributed by atoms with Crippen LogP contribution in [0.4, 0.5) is 4.39 Å². The van der Waals surface area contributed by atoms with Crippen molar-refractivity contribution in [3.8, 4) is 5.75 Å². The summed E-state index contributed by atoms with van der Waals surface area (Å²) in [5.74, 6) is -1.52. The molecule has 29 heavy (non-hydrogen) atoms. The quantitative estimate of drug-likeness (QED) is 0.450. The number of halogens is 2. The van der Waals surface area contributed by atoms with Gasteiger partial charge in [0.1, 0.15) is 17.7 Å². The van der Waals surface area contributed by atoms with E-state index in [2.05, 4.69) is 15.9 Å². The van der Waals surface area contributed by atoms with E-state index >= 15 is 0 Å². The van der Waals surface area contributed by atoms with Crippen molar-refractivity contribution in [2.75, 3.05) is 18.8 Å². The lowest BCUT2D eigenvalue weighted by Gasteiger charge is -2.33. The highest BCUT2D eigenvalue weighted by Gasteiger charge is 2.38. The van der Waals surface area contributed by atoms with Crippen LogP contribution in [0.25, 0.3) is 0 Å². The Bertz CT molecular complexity index is 824. The van der Waals surface area contributed by atoms with Crippen molar-refractivity contribution in [3.05, 3.63) is 28.5 Å². The summed E-state index contributed by atoms with van der Waals surface area (Å²) in [6.07, 6.45) is 4.39. The maximum absolute atomic E-state index is 13.2. The second-order valence-electron chi connectivity index (χ2n) is 7.70. The van der Waals surface area contributed by atoms with Gasteiger partial charge >= 0.3 is 0 Å². The number of sulfonamides is 1. The Morgan fingerprint density at radius 2 is 1.93 bits per heavy atom. The van der Waals surface area contributed by atoms with Gasteiger partial charge in [0, 0.05) is 13.1 Å². The topological polar surface area (TPSA) is 95.9 Å². The maximum Gasteiger partial charge on any atom is 0.247 e. The van der Waals surface area contributed by atoms with Gasteiger partial charge in [-0.15, -0.1) is 0 Å². The number of nitrogens with one attached hydrogen (secondary N) is 1. The largest absolute Gasteiger partial charge is 0.489 e. The molecule has 2 aliphatic rings. The number of hydrogen-bond donors (Lipinski definition) is 2. The second-order valence-corrected chi connectivity index (χ2v) is 10.6. The third kappa shape index (κ3) is 5.68. The zero-order valence-electron chi connectivity index (χ0n) is 16.0. The minimum Gasteiger partial charge on any atom is -0.489 e. The molecule has 2 N–H and O–H groups in total. The fraction of sp³-hybridized carbons (Fsp3) is 0.632. The SMILES string of the molecule is O=C(NO)C(CS(=O)(=O)N1CCC(Oc2ccc(F)cc2Br)CC1)C1CCCC1. The number of hydrogen-bond acceptors (Lipinski definition) is 5. The number of piperidine rings is 1. The summed E-state index contributed by atoms with van der Waals surface area (Å²) in [6, 6.07) is 4.18. The summed E-state index contributed by atoms with van der Waals surface area (Å²) in [5.41, 5.74) is 1.64. The first-order valence-corrected chi connectivity index (χ1v) is 12.2. The fourth-order valence-corrected chi connectivity index (χ4v) is 6.48. The summed E-state index contributed by atoms with van der Waals surface area (Å²) in [7, 11) is -3.64. The number of carbonyl (C=O) groups excluding carboxylic acids is 1. The third-order valence-electron chi connectivity index (χ3n) is 5.79. The van der Waals surface area contributed by atoms with Crippen molar-refractivity contribution in [1.82, 2.24) is 9.79 Å². The van der Waals surface area contributed by atoms with Crippen molar-refractivity contribution < 1.29 is 27.5 Å². The zero-order valence-corrected chi connectivity index (χ0v) is 18.4. The first-order chi connectivity index (χ1) is 13.8. The van der Waals surface area contributed by atoms with Gasteiger partial charge in [0.2, 0.25) is 15.9 Å². The van der Waals surface area contributed by atoms with E-state index in [0.29, 0.717) is 36.2 Å². The van der Waals surface area contributed by atoms with Crippen molar-refractivity contribution in [3.63, 3.8) is 0 Å². The molecule has 1 aromatic rings. The molecule has 1 saturated heterocycles. The van der Waals surface area contributed by atoms with Crippen LogP contribution in [0.2, 0.25) is 0 Å². The lowest BCUT2D eigenvalue weighted by atomic mass is 9.92. The zero-order chi connectivity index (χ0) is 21.0. The van der Waals surface area contributed by atoms with Gasteiger partial charge in [-0.05, 0) is 65.7 Å². The van der Waals surface area contributed by atoms with E-state index < -0.39 is 21.8 Å². The number of benzene rings is 1. The lowest BCUT2D eigenvalue weighted by molar-refractivity contribution is -0.134. The van der Waals surface area contributed by atoms with Crippen LogP contribution in [0, 0.1) is 17.7 Å². The van der Waals surface area contributed by atoms with E-state index in [1.807, 2.05) is 0 Å². The van der Waals surface area contributed by atoms with Crippen LogP contribution in [0.3, 0.4) is 0 Å². The van der Waals surface area contributed by atoms with Crippen LogP contribution in [0.1, 0.15) is 38.5 Å².